The average Bonchev–Trinajstić information content (AvgIpc) is 2.61. The van der Waals surface area contributed by atoms with Gasteiger partial charge in [0.05, 0.1) is 4.90 Å². The van der Waals surface area contributed by atoms with Crippen molar-refractivity contribution in [1.82, 2.24) is 5.32 Å². The lowest BCUT2D eigenvalue weighted by Gasteiger charge is -2.06. The van der Waals surface area contributed by atoms with E-state index in [0.717, 1.165) is 17.7 Å². The summed E-state index contributed by atoms with van der Waals surface area (Å²) in [4.78, 5) is 11.8. The van der Waals surface area contributed by atoms with Crippen molar-refractivity contribution in [1.29, 1.82) is 5.26 Å². The Morgan fingerprint density at radius 2 is 1.93 bits per heavy atom. The molecule has 0 fully saturated rings. The van der Waals surface area contributed by atoms with Crippen molar-refractivity contribution in [2.45, 2.75) is 11.3 Å². The van der Waals surface area contributed by atoms with Gasteiger partial charge in [0, 0.05) is 18.4 Å². The molecule has 2 aromatic carbocycles. The van der Waals surface area contributed by atoms with Gasteiger partial charge in [-0.25, -0.2) is 4.39 Å². The number of rotatable bonds is 7. The van der Waals surface area contributed by atoms with E-state index in [4.69, 9.17) is 9.81 Å². The molecule has 9 heteroatoms. The molecule has 0 saturated carbocycles. The minimum absolute atomic E-state index is 0.187. The van der Waals surface area contributed by atoms with E-state index in [9.17, 15) is 17.6 Å². The number of carbonyl (C=O) groups excluding carboxylic acids is 1. The SMILES string of the molecule is N#C/C(=C/NCCc1cccc(F)c1)C(=O)Nc1ccc(S(=O)(=O)O)cc1. The molecule has 0 heterocycles. The predicted molar refractivity (Wildman–Crippen MR) is 96.7 cm³/mol. The normalized spacial score (nSPS) is 11.5. The van der Waals surface area contributed by atoms with E-state index in [2.05, 4.69) is 10.6 Å². The Balaban J connectivity index is 1.93. The van der Waals surface area contributed by atoms with Gasteiger partial charge in [0.15, 0.2) is 0 Å². The molecule has 0 radical (unpaired) electrons. The maximum absolute atomic E-state index is 13.1. The van der Waals surface area contributed by atoms with Crippen LogP contribution in [-0.2, 0) is 21.3 Å². The molecule has 0 bridgehead atoms. The highest BCUT2D eigenvalue weighted by Gasteiger charge is 2.11. The third-order valence-electron chi connectivity index (χ3n) is 3.47. The maximum atomic E-state index is 13.1. The average molecular weight is 389 g/mol. The van der Waals surface area contributed by atoms with Gasteiger partial charge in [0.1, 0.15) is 17.5 Å². The number of nitrogens with one attached hydrogen (secondary N) is 2. The highest BCUT2D eigenvalue weighted by Crippen LogP contribution is 2.14. The van der Waals surface area contributed by atoms with Crippen molar-refractivity contribution >= 4 is 21.7 Å². The first-order chi connectivity index (χ1) is 12.8. The lowest BCUT2D eigenvalue weighted by atomic mass is 10.1. The zero-order valence-corrected chi connectivity index (χ0v) is 14.8. The predicted octanol–water partition coefficient (Wildman–Crippen LogP) is 2.25. The fraction of sp³-hybridized carbons (Fsp3) is 0.111. The van der Waals surface area contributed by atoms with Crippen LogP contribution in [0.25, 0.3) is 0 Å². The summed E-state index contributed by atoms with van der Waals surface area (Å²) in [5.41, 5.74) is 0.846. The first kappa shape index (κ1) is 20.1. The van der Waals surface area contributed by atoms with Crippen LogP contribution < -0.4 is 10.6 Å². The Labute approximate surface area is 155 Å². The van der Waals surface area contributed by atoms with E-state index >= 15 is 0 Å². The molecule has 0 unspecified atom stereocenters. The van der Waals surface area contributed by atoms with Gasteiger partial charge in [0.25, 0.3) is 16.0 Å². The van der Waals surface area contributed by atoms with E-state index in [1.165, 1.54) is 30.5 Å². The van der Waals surface area contributed by atoms with E-state index in [1.54, 1.807) is 18.2 Å². The second-order valence-electron chi connectivity index (χ2n) is 5.46. The van der Waals surface area contributed by atoms with E-state index in [1.807, 2.05) is 0 Å². The van der Waals surface area contributed by atoms with Crippen molar-refractivity contribution in [3.8, 4) is 6.07 Å². The summed E-state index contributed by atoms with van der Waals surface area (Å²) < 4.78 is 43.9. The molecule has 0 aliphatic heterocycles. The van der Waals surface area contributed by atoms with Crippen molar-refractivity contribution in [2.24, 2.45) is 0 Å². The molecule has 140 valence electrons. The number of nitriles is 1. The summed E-state index contributed by atoms with van der Waals surface area (Å²) in [6.07, 6.45) is 1.76. The van der Waals surface area contributed by atoms with Gasteiger partial charge in [0.2, 0.25) is 0 Å². The summed E-state index contributed by atoms with van der Waals surface area (Å²) in [5.74, 6) is -1.02. The minimum atomic E-state index is -4.32. The van der Waals surface area contributed by atoms with Crippen molar-refractivity contribution in [3.63, 3.8) is 0 Å². The largest absolute Gasteiger partial charge is 0.389 e. The molecule has 27 heavy (non-hydrogen) atoms. The van der Waals surface area contributed by atoms with Crippen LogP contribution in [0.4, 0.5) is 10.1 Å². The highest BCUT2D eigenvalue weighted by molar-refractivity contribution is 7.85. The fourth-order valence-corrected chi connectivity index (χ4v) is 2.62. The van der Waals surface area contributed by atoms with Crippen molar-refractivity contribution in [3.05, 3.63) is 71.7 Å². The smallest absolute Gasteiger partial charge is 0.294 e. The van der Waals surface area contributed by atoms with E-state index in [-0.39, 0.29) is 22.0 Å². The van der Waals surface area contributed by atoms with Gasteiger partial charge in [-0.1, -0.05) is 12.1 Å². The molecule has 7 nitrogen and oxygen atoms in total. The number of hydrogen-bond donors (Lipinski definition) is 3. The standard InChI is InChI=1S/C18H16FN3O4S/c19-15-3-1-2-13(10-15)8-9-21-12-14(11-20)18(23)22-16-4-6-17(7-5-16)27(24,25)26/h1-7,10,12,21H,8-9H2,(H,22,23)(H,24,25,26)/b14-12-. The zero-order valence-electron chi connectivity index (χ0n) is 14.0. The summed E-state index contributed by atoms with van der Waals surface area (Å²) in [6.45, 7) is 0.394. The minimum Gasteiger partial charge on any atom is -0.389 e. The number of benzene rings is 2. The van der Waals surface area contributed by atoms with Gasteiger partial charge < -0.3 is 10.6 Å². The Bertz CT molecular complexity index is 996. The van der Waals surface area contributed by atoms with E-state index in [0.29, 0.717) is 13.0 Å². The molecule has 0 aliphatic carbocycles. The molecule has 0 aliphatic rings. The Kier molecular flexibility index (Phi) is 6.65. The van der Waals surface area contributed by atoms with Crippen LogP contribution in [0.5, 0.6) is 0 Å². The number of anilines is 1. The van der Waals surface area contributed by atoms with Crippen LogP contribution in [0.1, 0.15) is 5.56 Å². The summed E-state index contributed by atoms with van der Waals surface area (Å²) >= 11 is 0. The lowest BCUT2D eigenvalue weighted by Crippen LogP contribution is -2.18. The molecule has 2 aromatic rings. The summed E-state index contributed by atoms with van der Waals surface area (Å²) in [7, 11) is -4.32. The van der Waals surface area contributed by atoms with Gasteiger partial charge >= 0.3 is 0 Å². The first-order valence-corrected chi connectivity index (χ1v) is 9.20. The van der Waals surface area contributed by atoms with Crippen LogP contribution in [0.2, 0.25) is 0 Å². The van der Waals surface area contributed by atoms with Crippen LogP contribution >= 0.6 is 0 Å². The first-order valence-electron chi connectivity index (χ1n) is 7.76. The lowest BCUT2D eigenvalue weighted by molar-refractivity contribution is -0.112. The van der Waals surface area contributed by atoms with Gasteiger partial charge in [-0.05, 0) is 48.4 Å². The van der Waals surface area contributed by atoms with Crippen LogP contribution in [-0.4, -0.2) is 25.4 Å². The highest BCUT2D eigenvalue weighted by atomic mass is 32.2. The van der Waals surface area contributed by atoms with Crippen LogP contribution in [0.15, 0.2) is 65.2 Å². The fourth-order valence-electron chi connectivity index (χ4n) is 2.14. The van der Waals surface area contributed by atoms with Crippen molar-refractivity contribution < 1.29 is 22.2 Å². The topological polar surface area (TPSA) is 119 Å². The third-order valence-corrected chi connectivity index (χ3v) is 4.34. The molecular weight excluding hydrogens is 373 g/mol. The second-order valence-corrected chi connectivity index (χ2v) is 6.88. The van der Waals surface area contributed by atoms with Crippen LogP contribution in [0, 0.1) is 17.1 Å². The third kappa shape index (κ3) is 6.22. The van der Waals surface area contributed by atoms with Gasteiger partial charge in [-0.15, -0.1) is 0 Å². The molecule has 0 spiro atoms. The second kappa shape index (κ2) is 8.93. The Morgan fingerprint density at radius 3 is 2.52 bits per heavy atom. The van der Waals surface area contributed by atoms with Gasteiger partial charge in [-0.3, -0.25) is 9.35 Å². The molecule has 0 aromatic heterocycles. The Hall–Kier alpha value is -3.22. The van der Waals surface area contributed by atoms with Crippen molar-refractivity contribution in [2.75, 3.05) is 11.9 Å². The number of amides is 1. The number of hydrogen-bond acceptors (Lipinski definition) is 5. The number of halogens is 1. The van der Waals surface area contributed by atoms with Crippen LogP contribution in [0.3, 0.4) is 0 Å². The monoisotopic (exact) mass is 389 g/mol. The molecule has 0 atom stereocenters. The molecule has 0 saturated heterocycles. The quantitative estimate of drug-likeness (QED) is 0.289. The number of carbonyl (C=O) groups is 1. The van der Waals surface area contributed by atoms with Gasteiger partial charge in [-0.2, -0.15) is 13.7 Å². The summed E-state index contributed by atoms with van der Waals surface area (Å²) in [5, 5.41) is 14.4. The molecular formula is C18H16FN3O4S. The van der Waals surface area contributed by atoms with E-state index < -0.39 is 16.0 Å². The zero-order chi connectivity index (χ0) is 19.9. The number of nitrogens with zero attached hydrogens (tertiary/aromatic N) is 1. The molecule has 3 N–H and O–H groups in total. The molecule has 2 rings (SSSR count). The Morgan fingerprint density at radius 1 is 1.22 bits per heavy atom. The molecule has 1 amide bonds. The summed E-state index contributed by atoms with van der Waals surface area (Å²) in [6, 6.07) is 12.7. The maximum Gasteiger partial charge on any atom is 0.294 e.